The van der Waals surface area contributed by atoms with Crippen LogP contribution in [-0.4, -0.2) is 45.8 Å². The minimum Gasteiger partial charge on any atom is -0.365 e. The van der Waals surface area contributed by atoms with E-state index in [-0.39, 0.29) is 36.8 Å². The third-order valence-corrected chi connectivity index (χ3v) is 6.75. The van der Waals surface area contributed by atoms with Crippen LogP contribution in [0, 0.1) is 40.3 Å². The fourth-order valence-corrected chi connectivity index (χ4v) is 4.51. The average molecular weight is 546 g/mol. The number of carbonyl (C=O) groups is 2. The van der Waals surface area contributed by atoms with E-state index in [9.17, 15) is 14.0 Å². The first-order valence-corrected chi connectivity index (χ1v) is 12.9. The number of aromatic nitrogens is 2. The Kier molecular flexibility index (Phi) is 9.20. The topological polar surface area (TPSA) is 141 Å². The molecule has 9 nitrogen and oxygen atoms in total. The van der Waals surface area contributed by atoms with Crippen molar-refractivity contribution >= 4 is 17.6 Å². The predicted molar refractivity (Wildman–Crippen MR) is 143 cm³/mol. The maximum atomic E-state index is 15.0. The molecule has 0 saturated heterocycles. The molecular weight excluding hydrogens is 516 g/mol. The molecule has 11 heteroatoms. The van der Waals surface area contributed by atoms with Gasteiger partial charge in [0.2, 0.25) is 5.91 Å². The highest BCUT2D eigenvalue weighted by Gasteiger charge is 2.43. The molecule has 0 aliphatic heterocycles. The lowest BCUT2D eigenvalue weighted by Crippen LogP contribution is -2.32. The second-order valence-electron chi connectivity index (χ2n) is 9.81. The molecule has 206 valence electrons. The number of nitrogens with one attached hydrogen (secondary N) is 1. The van der Waals surface area contributed by atoms with Gasteiger partial charge in [0, 0.05) is 37.9 Å². The van der Waals surface area contributed by atoms with Crippen molar-refractivity contribution < 1.29 is 18.4 Å². The lowest BCUT2D eigenvalue weighted by molar-refractivity contribution is -0.117. The summed E-state index contributed by atoms with van der Waals surface area (Å²) in [5.41, 5.74) is 7.51. The first-order valence-electron chi connectivity index (χ1n) is 12.9. The monoisotopic (exact) mass is 545 g/mol. The fraction of sp³-hybridized carbons (Fsp3) is 0.345. The molecule has 2 amide bonds. The van der Waals surface area contributed by atoms with E-state index in [2.05, 4.69) is 10.4 Å². The molecule has 1 aliphatic rings. The number of nitrogens with two attached hydrogens (primary N) is 1. The largest absolute Gasteiger partial charge is 0.365 e. The molecule has 0 spiro atoms. The number of hydrogen-bond donors (Lipinski definition) is 2. The highest BCUT2D eigenvalue weighted by atomic mass is 19.1. The smallest absolute Gasteiger partial charge is 0.254 e. The van der Waals surface area contributed by atoms with Gasteiger partial charge in [0.05, 0.1) is 30.4 Å². The van der Waals surface area contributed by atoms with Gasteiger partial charge in [-0.3, -0.25) is 19.2 Å². The summed E-state index contributed by atoms with van der Waals surface area (Å²) in [6, 6.07) is 18.2. The van der Waals surface area contributed by atoms with Crippen LogP contribution in [0.1, 0.15) is 35.2 Å². The molecule has 1 aliphatic carbocycles. The van der Waals surface area contributed by atoms with Gasteiger partial charge in [-0.1, -0.05) is 42.5 Å². The van der Waals surface area contributed by atoms with Gasteiger partial charge in [0.15, 0.2) is 5.82 Å². The second kappa shape index (κ2) is 13.0. The highest BCUT2D eigenvalue weighted by Crippen LogP contribution is 2.38. The molecule has 1 aromatic heterocycles. The second-order valence-corrected chi connectivity index (χ2v) is 9.81. The molecule has 0 radical (unpaired) electrons. The SMILES string of the molecule is N#CCC(F)CN(CCCn1cc(C(N)=O)c(NC(=O)C2CC2C#N)n1)Cc1ccc(-c2ccccc2)cc1F. The Hall–Kier alpha value is -4.61. The minimum absolute atomic E-state index is 0.0244. The number of alkyl halides is 1. The van der Waals surface area contributed by atoms with E-state index in [1.165, 1.54) is 16.9 Å². The van der Waals surface area contributed by atoms with Crippen molar-refractivity contribution in [3.05, 3.63) is 71.7 Å². The zero-order valence-corrected chi connectivity index (χ0v) is 21.8. The molecule has 40 heavy (non-hydrogen) atoms. The highest BCUT2D eigenvalue weighted by molar-refractivity contribution is 6.02. The Morgan fingerprint density at radius 1 is 1.20 bits per heavy atom. The van der Waals surface area contributed by atoms with Gasteiger partial charge in [-0.05, 0) is 30.0 Å². The van der Waals surface area contributed by atoms with Crippen LogP contribution < -0.4 is 11.1 Å². The molecule has 4 rings (SSSR count). The molecular formula is C29H29F2N7O2. The first-order chi connectivity index (χ1) is 19.3. The summed E-state index contributed by atoms with van der Waals surface area (Å²) in [5, 5.41) is 24.7. The zero-order chi connectivity index (χ0) is 28.6. The molecule has 1 heterocycles. The van der Waals surface area contributed by atoms with Crippen molar-refractivity contribution in [2.75, 3.05) is 18.4 Å². The van der Waals surface area contributed by atoms with Crippen LogP contribution in [0.4, 0.5) is 14.6 Å². The van der Waals surface area contributed by atoms with Crippen molar-refractivity contribution in [1.29, 1.82) is 10.5 Å². The maximum absolute atomic E-state index is 15.0. The van der Waals surface area contributed by atoms with E-state index in [1.807, 2.05) is 48.5 Å². The molecule has 3 aromatic rings. The zero-order valence-electron chi connectivity index (χ0n) is 21.8. The number of halogens is 2. The Morgan fingerprint density at radius 2 is 1.98 bits per heavy atom. The molecule has 3 unspecified atom stereocenters. The lowest BCUT2D eigenvalue weighted by Gasteiger charge is -2.24. The van der Waals surface area contributed by atoms with Crippen molar-refractivity contribution in [1.82, 2.24) is 14.7 Å². The number of hydrogen-bond acceptors (Lipinski definition) is 6. The van der Waals surface area contributed by atoms with Crippen molar-refractivity contribution in [3.63, 3.8) is 0 Å². The Balaban J connectivity index is 1.41. The van der Waals surface area contributed by atoms with Gasteiger partial charge in [0.25, 0.3) is 5.91 Å². The molecule has 1 fully saturated rings. The van der Waals surface area contributed by atoms with Gasteiger partial charge in [0.1, 0.15) is 17.6 Å². The number of aryl methyl sites for hydroxylation is 1. The summed E-state index contributed by atoms with van der Waals surface area (Å²) in [7, 11) is 0. The van der Waals surface area contributed by atoms with Crippen LogP contribution in [-0.2, 0) is 17.9 Å². The van der Waals surface area contributed by atoms with E-state index in [1.54, 1.807) is 11.0 Å². The van der Waals surface area contributed by atoms with Crippen molar-refractivity contribution in [2.45, 2.75) is 38.5 Å². The van der Waals surface area contributed by atoms with Crippen LogP contribution in [0.5, 0.6) is 0 Å². The van der Waals surface area contributed by atoms with Crippen LogP contribution in [0.3, 0.4) is 0 Å². The molecule has 3 atom stereocenters. The van der Waals surface area contributed by atoms with E-state index in [0.29, 0.717) is 31.5 Å². The summed E-state index contributed by atoms with van der Waals surface area (Å²) >= 11 is 0. The summed E-state index contributed by atoms with van der Waals surface area (Å²) in [6.45, 7) is 0.746. The fourth-order valence-electron chi connectivity index (χ4n) is 4.51. The summed E-state index contributed by atoms with van der Waals surface area (Å²) in [4.78, 5) is 26.0. The quantitative estimate of drug-likeness (QED) is 0.332. The van der Waals surface area contributed by atoms with Gasteiger partial charge < -0.3 is 11.1 Å². The van der Waals surface area contributed by atoms with E-state index < -0.39 is 29.7 Å². The standard InChI is InChI=1S/C29H29F2N7O2/c30-23(9-10-32)17-37(16-21-8-7-20(14-26(21)31)19-5-2-1-3-6-19)11-4-12-38-18-25(27(34)39)28(36-38)35-29(40)24-13-22(24)15-33/h1-3,5-8,14,18,22-24H,4,9,11-13,16-17H2,(H2,34,39)(H,35,36,40). The number of amides is 2. The molecule has 0 bridgehead atoms. The average Bonchev–Trinajstić information content (AvgIpc) is 3.63. The number of benzene rings is 2. The van der Waals surface area contributed by atoms with Crippen molar-refractivity contribution in [2.24, 2.45) is 17.6 Å². The van der Waals surface area contributed by atoms with Crippen LogP contribution in [0.25, 0.3) is 11.1 Å². The van der Waals surface area contributed by atoms with E-state index >= 15 is 4.39 Å². The normalized spacial score (nSPS) is 16.6. The van der Waals surface area contributed by atoms with Crippen LogP contribution in [0.2, 0.25) is 0 Å². The minimum atomic E-state index is -1.40. The number of carbonyl (C=O) groups excluding carboxylic acids is 2. The summed E-state index contributed by atoms with van der Waals surface area (Å²) < 4.78 is 30.9. The number of nitrogens with zero attached hydrogens (tertiary/aromatic N) is 5. The lowest BCUT2D eigenvalue weighted by atomic mass is 10.0. The van der Waals surface area contributed by atoms with Gasteiger partial charge in [-0.25, -0.2) is 8.78 Å². The molecule has 3 N–H and O–H groups in total. The van der Waals surface area contributed by atoms with Gasteiger partial charge in [-0.15, -0.1) is 0 Å². The van der Waals surface area contributed by atoms with Gasteiger partial charge in [-0.2, -0.15) is 15.6 Å². The maximum Gasteiger partial charge on any atom is 0.254 e. The van der Waals surface area contributed by atoms with Crippen LogP contribution >= 0.6 is 0 Å². The number of primary amides is 1. The summed E-state index contributed by atoms with van der Waals surface area (Å²) in [6.07, 6.45) is 0.664. The number of nitriles is 2. The van der Waals surface area contributed by atoms with E-state index in [0.717, 1.165) is 11.1 Å². The number of anilines is 1. The van der Waals surface area contributed by atoms with Crippen molar-refractivity contribution in [3.8, 4) is 23.3 Å². The molecule has 2 aromatic carbocycles. The number of rotatable bonds is 13. The van der Waals surface area contributed by atoms with E-state index in [4.69, 9.17) is 16.3 Å². The third-order valence-electron chi connectivity index (χ3n) is 6.75. The Bertz CT molecular complexity index is 1440. The predicted octanol–water partition coefficient (Wildman–Crippen LogP) is 4.03. The first kappa shape index (κ1) is 28.4. The van der Waals surface area contributed by atoms with Gasteiger partial charge >= 0.3 is 0 Å². The summed E-state index contributed by atoms with van der Waals surface area (Å²) in [5.74, 6) is -2.32. The third kappa shape index (κ3) is 7.28. The van der Waals surface area contributed by atoms with Crippen LogP contribution in [0.15, 0.2) is 54.7 Å². The molecule has 1 saturated carbocycles. The Morgan fingerprint density at radius 3 is 2.62 bits per heavy atom. The Labute approximate surface area is 230 Å².